The third kappa shape index (κ3) is 5.11. The lowest BCUT2D eigenvalue weighted by molar-refractivity contribution is 0.154. The highest BCUT2D eigenvalue weighted by Gasteiger charge is 2.08. The molecule has 0 saturated carbocycles. The molecule has 1 rings (SSSR count). The molecule has 2 amide bonds. The molecule has 98 valence electrons. The van der Waals surface area contributed by atoms with Crippen molar-refractivity contribution >= 4 is 35.4 Å². The number of nitrogens with two attached hydrogens (primary N) is 1. The zero-order valence-corrected chi connectivity index (χ0v) is 10.6. The van der Waals surface area contributed by atoms with E-state index in [0.717, 1.165) is 0 Å². The summed E-state index contributed by atoms with van der Waals surface area (Å²) >= 11 is 11.5. The molecule has 0 heterocycles. The molecule has 0 aliphatic carbocycles. The standard InChI is InChI=1S/C10H10Cl2N2O4/c11-6-1-2-8(7(12)5-6)18-10(16)14-3-4-17-9(13)15/h1-2,5H,3-4H2,(H2,13,15)(H,14,16). The molecule has 18 heavy (non-hydrogen) atoms. The number of nitrogens with one attached hydrogen (secondary N) is 1. The van der Waals surface area contributed by atoms with Crippen LogP contribution >= 0.6 is 23.2 Å². The Morgan fingerprint density at radius 3 is 2.67 bits per heavy atom. The van der Waals surface area contributed by atoms with Gasteiger partial charge in [0.05, 0.1) is 11.6 Å². The summed E-state index contributed by atoms with van der Waals surface area (Å²) < 4.78 is 9.30. The van der Waals surface area contributed by atoms with E-state index >= 15 is 0 Å². The van der Waals surface area contributed by atoms with E-state index in [9.17, 15) is 9.59 Å². The van der Waals surface area contributed by atoms with Gasteiger partial charge in [0, 0.05) is 5.02 Å². The first-order valence-corrected chi connectivity index (χ1v) is 5.57. The van der Waals surface area contributed by atoms with E-state index in [1.54, 1.807) is 0 Å². The number of carbonyl (C=O) groups excluding carboxylic acids is 2. The van der Waals surface area contributed by atoms with Crippen LogP contribution in [0.15, 0.2) is 18.2 Å². The average molecular weight is 293 g/mol. The van der Waals surface area contributed by atoms with E-state index in [1.165, 1.54) is 18.2 Å². The second-order valence-corrected chi connectivity index (χ2v) is 3.90. The molecular formula is C10H10Cl2N2O4. The Labute approximate surface area is 113 Å². The van der Waals surface area contributed by atoms with Gasteiger partial charge in [0.15, 0.2) is 5.75 Å². The van der Waals surface area contributed by atoms with Gasteiger partial charge in [0.2, 0.25) is 0 Å². The highest BCUT2D eigenvalue weighted by molar-refractivity contribution is 6.35. The van der Waals surface area contributed by atoms with Crippen molar-refractivity contribution < 1.29 is 19.1 Å². The predicted octanol–water partition coefficient (Wildman–Crippen LogP) is 2.18. The number of halogens is 2. The minimum Gasteiger partial charge on any atom is -0.448 e. The maximum absolute atomic E-state index is 11.3. The Kier molecular flexibility index (Phi) is 5.54. The lowest BCUT2D eigenvalue weighted by Crippen LogP contribution is -2.31. The molecule has 3 N–H and O–H groups in total. The van der Waals surface area contributed by atoms with Gasteiger partial charge in [0.1, 0.15) is 6.61 Å². The van der Waals surface area contributed by atoms with Crippen LogP contribution in [0.5, 0.6) is 5.75 Å². The molecule has 0 bridgehead atoms. The molecule has 0 unspecified atom stereocenters. The highest BCUT2D eigenvalue weighted by Crippen LogP contribution is 2.27. The van der Waals surface area contributed by atoms with Crippen molar-refractivity contribution in [1.29, 1.82) is 0 Å². The molecule has 0 aromatic heterocycles. The number of hydrogen-bond donors (Lipinski definition) is 2. The van der Waals surface area contributed by atoms with E-state index in [2.05, 4.69) is 10.1 Å². The summed E-state index contributed by atoms with van der Waals surface area (Å²) in [6.07, 6.45) is -1.64. The van der Waals surface area contributed by atoms with Crippen molar-refractivity contribution in [3.05, 3.63) is 28.2 Å². The second kappa shape index (κ2) is 6.93. The molecule has 0 atom stereocenters. The summed E-state index contributed by atoms with van der Waals surface area (Å²) in [5.41, 5.74) is 4.73. The largest absolute Gasteiger partial charge is 0.448 e. The monoisotopic (exact) mass is 292 g/mol. The maximum Gasteiger partial charge on any atom is 0.412 e. The van der Waals surface area contributed by atoms with Crippen LogP contribution in [0.3, 0.4) is 0 Å². The van der Waals surface area contributed by atoms with E-state index in [4.69, 9.17) is 33.7 Å². The van der Waals surface area contributed by atoms with Gasteiger partial charge in [-0.2, -0.15) is 0 Å². The molecule has 0 radical (unpaired) electrons. The number of benzene rings is 1. The predicted molar refractivity (Wildman–Crippen MR) is 66.0 cm³/mol. The molecule has 1 aromatic rings. The van der Waals surface area contributed by atoms with E-state index in [1.807, 2.05) is 0 Å². The second-order valence-electron chi connectivity index (χ2n) is 3.06. The number of primary amides is 1. The summed E-state index contributed by atoms with van der Waals surface area (Å²) in [4.78, 5) is 21.5. The Hall–Kier alpha value is -1.66. The van der Waals surface area contributed by atoms with Gasteiger partial charge in [-0.25, -0.2) is 9.59 Å². The fourth-order valence-corrected chi connectivity index (χ4v) is 1.45. The molecule has 0 aliphatic heterocycles. The third-order valence-electron chi connectivity index (χ3n) is 1.71. The van der Waals surface area contributed by atoms with Crippen LogP contribution in [0.2, 0.25) is 10.0 Å². The number of hydrogen-bond acceptors (Lipinski definition) is 4. The summed E-state index contributed by atoms with van der Waals surface area (Å²) in [5, 5.41) is 2.99. The number of ether oxygens (including phenoxy) is 2. The molecule has 0 aliphatic rings. The van der Waals surface area contributed by atoms with Gasteiger partial charge in [-0.15, -0.1) is 0 Å². The zero-order valence-electron chi connectivity index (χ0n) is 9.11. The van der Waals surface area contributed by atoms with Crippen molar-refractivity contribution in [2.24, 2.45) is 5.73 Å². The van der Waals surface area contributed by atoms with Gasteiger partial charge >= 0.3 is 12.2 Å². The zero-order chi connectivity index (χ0) is 13.5. The van der Waals surface area contributed by atoms with Crippen molar-refractivity contribution in [3.63, 3.8) is 0 Å². The smallest absolute Gasteiger partial charge is 0.412 e. The first-order valence-electron chi connectivity index (χ1n) is 4.82. The van der Waals surface area contributed by atoms with Gasteiger partial charge in [-0.1, -0.05) is 23.2 Å². The maximum atomic E-state index is 11.3. The summed E-state index contributed by atoms with van der Waals surface area (Å²) in [7, 11) is 0. The van der Waals surface area contributed by atoms with Crippen molar-refractivity contribution in [2.75, 3.05) is 13.2 Å². The molecule has 6 nitrogen and oxygen atoms in total. The quantitative estimate of drug-likeness (QED) is 0.832. The molecule has 8 heteroatoms. The fraction of sp³-hybridized carbons (Fsp3) is 0.200. The lowest BCUT2D eigenvalue weighted by atomic mass is 10.3. The van der Waals surface area contributed by atoms with E-state index < -0.39 is 12.2 Å². The fourth-order valence-electron chi connectivity index (χ4n) is 0.999. The number of rotatable bonds is 4. The Morgan fingerprint density at radius 2 is 2.06 bits per heavy atom. The number of carbonyl (C=O) groups is 2. The van der Waals surface area contributed by atoms with Crippen LogP contribution in [0.1, 0.15) is 0 Å². The Morgan fingerprint density at radius 1 is 1.33 bits per heavy atom. The van der Waals surface area contributed by atoms with Crippen LogP contribution < -0.4 is 15.8 Å². The van der Waals surface area contributed by atoms with Crippen molar-refractivity contribution in [1.82, 2.24) is 5.32 Å². The average Bonchev–Trinajstić information content (AvgIpc) is 2.28. The van der Waals surface area contributed by atoms with Crippen LogP contribution in [0.25, 0.3) is 0 Å². The molecule has 0 fully saturated rings. The molecule has 0 saturated heterocycles. The van der Waals surface area contributed by atoms with Crippen molar-refractivity contribution in [3.8, 4) is 5.75 Å². The normalized spacial score (nSPS) is 9.67. The first-order chi connectivity index (χ1) is 8.49. The van der Waals surface area contributed by atoms with Crippen LogP contribution in [-0.2, 0) is 4.74 Å². The third-order valence-corrected chi connectivity index (χ3v) is 2.24. The first kappa shape index (κ1) is 14.4. The van der Waals surface area contributed by atoms with Crippen LogP contribution in [-0.4, -0.2) is 25.3 Å². The topological polar surface area (TPSA) is 90.7 Å². The minimum absolute atomic E-state index is 0.0429. The Balaban J connectivity index is 2.38. The summed E-state index contributed by atoms with van der Waals surface area (Å²) in [6.45, 7) is 0.0335. The van der Waals surface area contributed by atoms with Gasteiger partial charge in [-0.05, 0) is 18.2 Å². The highest BCUT2D eigenvalue weighted by atomic mass is 35.5. The van der Waals surface area contributed by atoms with Crippen molar-refractivity contribution in [2.45, 2.75) is 0 Å². The van der Waals surface area contributed by atoms with Gasteiger partial charge < -0.3 is 20.5 Å². The molecule has 0 spiro atoms. The van der Waals surface area contributed by atoms with Crippen LogP contribution in [0.4, 0.5) is 9.59 Å². The van der Waals surface area contributed by atoms with E-state index in [0.29, 0.717) is 5.02 Å². The molecule has 1 aromatic carbocycles. The summed E-state index contributed by atoms with van der Waals surface area (Å²) in [6, 6.07) is 4.44. The lowest BCUT2D eigenvalue weighted by Gasteiger charge is -2.07. The Bertz CT molecular complexity index is 454. The van der Waals surface area contributed by atoms with Crippen LogP contribution in [0, 0.1) is 0 Å². The van der Waals surface area contributed by atoms with Gasteiger partial charge in [0.25, 0.3) is 0 Å². The number of amides is 2. The SMILES string of the molecule is NC(=O)OCCNC(=O)Oc1ccc(Cl)cc1Cl. The molecular weight excluding hydrogens is 283 g/mol. The minimum atomic E-state index is -0.911. The summed E-state index contributed by atoms with van der Waals surface area (Å²) in [5.74, 6) is 0.175. The van der Waals surface area contributed by atoms with Gasteiger partial charge in [-0.3, -0.25) is 0 Å². The van der Waals surface area contributed by atoms with E-state index in [-0.39, 0.29) is 23.9 Å².